The van der Waals surface area contributed by atoms with Gasteiger partial charge in [0.1, 0.15) is 0 Å². The highest BCUT2D eigenvalue weighted by atomic mass is 32.1. The lowest BCUT2D eigenvalue weighted by atomic mass is 9.73. The molecule has 0 unspecified atom stereocenters. The Morgan fingerprint density at radius 3 is 2.81 bits per heavy atom. The molecular weight excluding hydrogens is 218 g/mol. The first-order valence-electron chi connectivity index (χ1n) is 6.12. The van der Waals surface area contributed by atoms with Crippen LogP contribution in [0.25, 0.3) is 0 Å². The summed E-state index contributed by atoms with van der Waals surface area (Å²) in [6, 6.07) is 0. The van der Waals surface area contributed by atoms with E-state index in [1.54, 1.807) is 0 Å². The van der Waals surface area contributed by atoms with Crippen LogP contribution in [-0.4, -0.2) is 16.1 Å². The van der Waals surface area contributed by atoms with E-state index in [-0.39, 0.29) is 0 Å². The van der Waals surface area contributed by atoms with Crippen LogP contribution in [0.3, 0.4) is 0 Å². The van der Waals surface area contributed by atoms with E-state index >= 15 is 0 Å². The SMILES string of the molecule is CC1(C)CCC(CNCc2csnn2)CC1. The fourth-order valence-corrected chi connectivity index (χ4v) is 2.78. The molecule has 16 heavy (non-hydrogen) atoms. The first-order chi connectivity index (χ1) is 7.66. The van der Waals surface area contributed by atoms with Crippen LogP contribution in [0.5, 0.6) is 0 Å². The smallest absolute Gasteiger partial charge is 0.0893 e. The van der Waals surface area contributed by atoms with Gasteiger partial charge < -0.3 is 5.32 Å². The predicted molar refractivity (Wildman–Crippen MR) is 67.4 cm³/mol. The number of aromatic nitrogens is 2. The zero-order valence-electron chi connectivity index (χ0n) is 10.2. The monoisotopic (exact) mass is 239 g/mol. The first kappa shape index (κ1) is 12.0. The number of hydrogen-bond acceptors (Lipinski definition) is 4. The molecule has 0 atom stereocenters. The van der Waals surface area contributed by atoms with Crippen molar-refractivity contribution in [1.82, 2.24) is 14.9 Å². The maximum Gasteiger partial charge on any atom is 0.0893 e. The van der Waals surface area contributed by atoms with Gasteiger partial charge in [-0.15, -0.1) is 5.10 Å². The third-order valence-electron chi connectivity index (χ3n) is 3.60. The third-order valence-corrected chi connectivity index (χ3v) is 4.16. The van der Waals surface area contributed by atoms with E-state index in [9.17, 15) is 0 Å². The van der Waals surface area contributed by atoms with E-state index < -0.39 is 0 Å². The van der Waals surface area contributed by atoms with Crippen LogP contribution in [-0.2, 0) is 6.54 Å². The molecule has 4 heteroatoms. The minimum Gasteiger partial charge on any atom is -0.311 e. The minimum absolute atomic E-state index is 0.579. The van der Waals surface area contributed by atoms with Gasteiger partial charge in [-0.2, -0.15) is 0 Å². The summed E-state index contributed by atoms with van der Waals surface area (Å²) in [6.45, 7) is 6.78. The molecule has 1 aromatic rings. The van der Waals surface area contributed by atoms with Gasteiger partial charge in [0.05, 0.1) is 5.69 Å². The van der Waals surface area contributed by atoms with Gasteiger partial charge in [0.15, 0.2) is 0 Å². The summed E-state index contributed by atoms with van der Waals surface area (Å²) in [5.41, 5.74) is 1.65. The molecule has 1 aromatic heterocycles. The van der Waals surface area contributed by atoms with Crippen molar-refractivity contribution in [3.63, 3.8) is 0 Å². The fraction of sp³-hybridized carbons (Fsp3) is 0.833. The van der Waals surface area contributed by atoms with Crippen molar-refractivity contribution in [3.8, 4) is 0 Å². The number of rotatable bonds is 4. The Morgan fingerprint density at radius 1 is 1.44 bits per heavy atom. The molecule has 0 radical (unpaired) electrons. The molecule has 1 heterocycles. The Morgan fingerprint density at radius 2 is 2.19 bits per heavy atom. The molecule has 0 saturated heterocycles. The molecule has 2 rings (SSSR count). The number of nitrogens with one attached hydrogen (secondary N) is 1. The third kappa shape index (κ3) is 3.52. The second kappa shape index (κ2) is 5.23. The Labute approximate surface area is 102 Å². The highest BCUT2D eigenvalue weighted by Gasteiger charge is 2.26. The quantitative estimate of drug-likeness (QED) is 0.878. The van der Waals surface area contributed by atoms with Crippen LogP contribution < -0.4 is 5.32 Å². The zero-order valence-corrected chi connectivity index (χ0v) is 11.0. The standard InChI is InChI=1S/C12H21N3S/c1-12(2)5-3-10(4-6-12)7-13-8-11-9-16-15-14-11/h9-10,13H,3-8H2,1-2H3. The second-order valence-corrected chi connectivity index (χ2v) is 6.24. The molecule has 1 saturated carbocycles. The van der Waals surface area contributed by atoms with Crippen molar-refractivity contribution in [3.05, 3.63) is 11.1 Å². The van der Waals surface area contributed by atoms with Crippen molar-refractivity contribution < 1.29 is 0 Å². The number of hydrogen-bond donors (Lipinski definition) is 1. The van der Waals surface area contributed by atoms with Crippen molar-refractivity contribution >= 4 is 11.5 Å². The Balaban J connectivity index is 1.64. The lowest BCUT2D eigenvalue weighted by Crippen LogP contribution is -2.29. The van der Waals surface area contributed by atoms with Crippen LogP contribution in [0.2, 0.25) is 0 Å². The van der Waals surface area contributed by atoms with E-state index in [1.807, 2.05) is 5.38 Å². The van der Waals surface area contributed by atoms with Gasteiger partial charge in [-0.25, -0.2) is 0 Å². The zero-order chi connectivity index (χ0) is 11.4. The van der Waals surface area contributed by atoms with Gasteiger partial charge in [-0.05, 0) is 55.1 Å². The van der Waals surface area contributed by atoms with Crippen molar-refractivity contribution in [1.29, 1.82) is 0 Å². The molecule has 1 aliphatic carbocycles. The molecule has 3 nitrogen and oxygen atoms in total. The highest BCUT2D eigenvalue weighted by Crippen LogP contribution is 2.37. The average molecular weight is 239 g/mol. The summed E-state index contributed by atoms with van der Waals surface area (Å²) < 4.78 is 3.86. The average Bonchev–Trinajstić information content (AvgIpc) is 2.73. The topological polar surface area (TPSA) is 37.8 Å². The van der Waals surface area contributed by atoms with Gasteiger partial charge in [0.25, 0.3) is 0 Å². The van der Waals surface area contributed by atoms with Crippen LogP contribution in [0, 0.1) is 11.3 Å². The molecule has 1 fully saturated rings. The Hall–Kier alpha value is -0.480. The largest absolute Gasteiger partial charge is 0.311 e. The fourth-order valence-electron chi connectivity index (χ4n) is 2.33. The summed E-state index contributed by atoms with van der Waals surface area (Å²) in [5, 5.41) is 9.53. The summed E-state index contributed by atoms with van der Waals surface area (Å²) in [6.07, 6.45) is 5.49. The summed E-state index contributed by atoms with van der Waals surface area (Å²) in [4.78, 5) is 0. The normalized spacial score (nSPS) is 21.1. The maximum atomic E-state index is 4.03. The summed E-state index contributed by atoms with van der Waals surface area (Å²) in [5.74, 6) is 0.861. The van der Waals surface area contributed by atoms with E-state index in [4.69, 9.17) is 0 Å². The lowest BCUT2D eigenvalue weighted by molar-refractivity contribution is 0.188. The summed E-state index contributed by atoms with van der Waals surface area (Å²) in [7, 11) is 0. The lowest BCUT2D eigenvalue weighted by Gasteiger charge is -2.34. The van der Waals surface area contributed by atoms with Crippen LogP contribution in [0.4, 0.5) is 0 Å². The molecule has 1 N–H and O–H groups in total. The number of nitrogens with zero attached hydrogens (tertiary/aromatic N) is 2. The van der Waals surface area contributed by atoms with Gasteiger partial charge in [0, 0.05) is 11.9 Å². The van der Waals surface area contributed by atoms with E-state index in [0.29, 0.717) is 5.41 Å². The van der Waals surface area contributed by atoms with Crippen molar-refractivity contribution in [2.24, 2.45) is 11.3 Å². The van der Waals surface area contributed by atoms with Gasteiger partial charge in [-0.1, -0.05) is 18.3 Å². The molecule has 0 amide bonds. The Kier molecular flexibility index (Phi) is 3.92. The maximum absolute atomic E-state index is 4.03. The van der Waals surface area contributed by atoms with Crippen LogP contribution in [0.15, 0.2) is 5.38 Å². The predicted octanol–water partition coefficient (Wildman–Crippen LogP) is 2.84. The van der Waals surface area contributed by atoms with E-state index in [0.717, 1.165) is 24.7 Å². The molecule has 0 aliphatic heterocycles. The van der Waals surface area contributed by atoms with Gasteiger partial charge >= 0.3 is 0 Å². The van der Waals surface area contributed by atoms with Crippen LogP contribution in [0.1, 0.15) is 45.2 Å². The van der Waals surface area contributed by atoms with E-state index in [1.165, 1.54) is 37.2 Å². The molecule has 0 aromatic carbocycles. The Bertz CT molecular complexity index is 298. The highest BCUT2D eigenvalue weighted by molar-refractivity contribution is 7.03. The molecule has 0 bridgehead atoms. The van der Waals surface area contributed by atoms with Crippen LogP contribution >= 0.6 is 11.5 Å². The molecule has 0 spiro atoms. The molecule has 1 aliphatic rings. The summed E-state index contributed by atoms with van der Waals surface area (Å²) >= 11 is 1.42. The molecular formula is C12H21N3S. The minimum atomic E-state index is 0.579. The second-order valence-electron chi connectivity index (χ2n) is 5.63. The van der Waals surface area contributed by atoms with Crippen molar-refractivity contribution in [2.45, 2.75) is 46.1 Å². The molecule has 90 valence electrons. The van der Waals surface area contributed by atoms with Gasteiger partial charge in [0.2, 0.25) is 0 Å². The van der Waals surface area contributed by atoms with Gasteiger partial charge in [-0.3, -0.25) is 0 Å². The van der Waals surface area contributed by atoms with E-state index in [2.05, 4.69) is 28.8 Å². The van der Waals surface area contributed by atoms with Crippen molar-refractivity contribution in [2.75, 3.05) is 6.54 Å². The first-order valence-corrected chi connectivity index (χ1v) is 6.96.